The molecule has 3 nitrogen and oxygen atoms in total. The van der Waals surface area contributed by atoms with Crippen LogP contribution in [0.5, 0.6) is 0 Å². The van der Waals surface area contributed by atoms with Crippen molar-refractivity contribution in [2.45, 2.75) is 45.6 Å². The summed E-state index contributed by atoms with van der Waals surface area (Å²) < 4.78 is 0. The summed E-state index contributed by atoms with van der Waals surface area (Å²) in [5, 5.41) is 6.62. The Morgan fingerprint density at radius 1 is 1.11 bits per heavy atom. The molecule has 0 aliphatic rings. The summed E-state index contributed by atoms with van der Waals surface area (Å²) in [4.78, 5) is 4.19. The molecular weight excluding hydrogens is 234 g/mol. The summed E-state index contributed by atoms with van der Waals surface area (Å²) >= 11 is 0. The van der Waals surface area contributed by atoms with E-state index >= 15 is 0 Å². The van der Waals surface area contributed by atoms with E-state index in [9.17, 15) is 0 Å². The van der Waals surface area contributed by atoms with Crippen LogP contribution in [-0.4, -0.2) is 25.6 Å². The Kier molecular flexibility index (Phi) is 7.71. The molecule has 106 valence electrons. The van der Waals surface area contributed by atoms with Gasteiger partial charge in [0.2, 0.25) is 0 Å². The fourth-order valence-corrected chi connectivity index (χ4v) is 1.95. The fourth-order valence-electron chi connectivity index (χ4n) is 1.95. The van der Waals surface area contributed by atoms with Crippen LogP contribution in [0.3, 0.4) is 0 Å². The summed E-state index contributed by atoms with van der Waals surface area (Å²) in [6.07, 6.45) is 4.87. The lowest BCUT2D eigenvalue weighted by Gasteiger charge is -2.14. The third-order valence-corrected chi connectivity index (χ3v) is 2.93. The van der Waals surface area contributed by atoms with E-state index in [2.05, 4.69) is 59.8 Å². The van der Waals surface area contributed by atoms with Gasteiger partial charge in [-0.2, -0.15) is 0 Å². The molecule has 0 aliphatic carbocycles. The van der Waals surface area contributed by atoms with Crippen LogP contribution in [0.2, 0.25) is 0 Å². The normalized spacial score (nSPS) is 11.7. The zero-order valence-corrected chi connectivity index (χ0v) is 12.4. The Hall–Kier alpha value is -1.51. The third-order valence-electron chi connectivity index (χ3n) is 2.93. The van der Waals surface area contributed by atoms with Crippen LogP contribution in [0.15, 0.2) is 35.3 Å². The largest absolute Gasteiger partial charge is 0.356 e. The van der Waals surface area contributed by atoms with Crippen molar-refractivity contribution in [2.75, 3.05) is 13.6 Å². The van der Waals surface area contributed by atoms with Gasteiger partial charge in [0.05, 0.1) is 0 Å². The van der Waals surface area contributed by atoms with Crippen molar-refractivity contribution in [1.82, 2.24) is 10.6 Å². The highest BCUT2D eigenvalue weighted by atomic mass is 15.2. The Morgan fingerprint density at radius 2 is 1.84 bits per heavy atom. The van der Waals surface area contributed by atoms with Crippen LogP contribution in [-0.2, 0) is 6.42 Å². The highest BCUT2D eigenvalue weighted by Gasteiger charge is 1.98. The molecule has 0 aromatic heterocycles. The highest BCUT2D eigenvalue weighted by molar-refractivity contribution is 5.79. The predicted molar refractivity (Wildman–Crippen MR) is 83.6 cm³/mol. The van der Waals surface area contributed by atoms with E-state index < -0.39 is 0 Å². The first-order chi connectivity index (χ1) is 9.22. The summed E-state index contributed by atoms with van der Waals surface area (Å²) in [7, 11) is 1.81. The molecule has 0 heterocycles. The van der Waals surface area contributed by atoms with Gasteiger partial charge in [-0.25, -0.2) is 0 Å². The van der Waals surface area contributed by atoms with Crippen molar-refractivity contribution in [2.24, 2.45) is 4.99 Å². The monoisotopic (exact) mass is 261 g/mol. The first-order valence-electron chi connectivity index (χ1n) is 7.23. The van der Waals surface area contributed by atoms with Crippen molar-refractivity contribution in [3.63, 3.8) is 0 Å². The molecule has 2 N–H and O–H groups in total. The number of nitrogens with one attached hydrogen (secondary N) is 2. The van der Waals surface area contributed by atoms with Crippen molar-refractivity contribution < 1.29 is 0 Å². The number of aliphatic imine (C=N–C) groups is 1. The van der Waals surface area contributed by atoms with Crippen LogP contribution < -0.4 is 10.6 Å². The maximum atomic E-state index is 4.19. The molecule has 0 amide bonds. The minimum absolute atomic E-state index is 0.421. The Bertz CT molecular complexity index is 358. The maximum absolute atomic E-state index is 4.19. The molecule has 0 saturated heterocycles. The molecule has 0 unspecified atom stereocenters. The Morgan fingerprint density at radius 3 is 2.47 bits per heavy atom. The number of guanidine groups is 1. The zero-order chi connectivity index (χ0) is 13.9. The molecule has 0 radical (unpaired) electrons. The van der Waals surface area contributed by atoms with Gasteiger partial charge in [0.25, 0.3) is 0 Å². The molecule has 0 atom stereocenters. The van der Waals surface area contributed by atoms with Crippen LogP contribution in [0.25, 0.3) is 0 Å². The quantitative estimate of drug-likeness (QED) is 0.450. The average molecular weight is 261 g/mol. The lowest BCUT2D eigenvalue weighted by Crippen LogP contribution is -2.41. The first-order valence-corrected chi connectivity index (χ1v) is 7.23. The lowest BCUT2D eigenvalue weighted by atomic mass is 10.1. The minimum atomic E-state index is 0.421. The Labute approximate surface area is 117 Å². The molecule has 1 aromatic carbocycles. The van der Waals surface area contributed by atoms with Crippen LogP contribution in [0.1, 0.15) is 38.7 Å². The first kappa shape index (κ1) is 15.5. The SMILES string of the molecule is CN=C(NCCCCCc1ccccc1)NC(C)C. The summed E-state index contributed by atoms with van der Waals surface area (Å²) in [6, 6.07) is 11.1. The van der Waals surface area contributed by atoms with Gasteiger partial charge in [0.1, 0.15) is 0 Å². The van der Waals surface area contributed by atoms with E-state index in [-0.39, 0.29) is 0 Å². The van der Waals surface area contributed by atoms with Crippen LogP contribution >= 0.6 is 0 Å². The molecule has 0 spiro atoms. The molecule has 0 saturated carbocycles. The summed E-state index contributed by atoms with van der Waals surface area (Å²) in [5.74, 6) is 0.901. The Balaban J connectivity index is 2.05. The second-order valence-electron chi connectivity index (χ2n) is 5.09. The number of benzene rings is 1. The summed E-state index contributed by atoms with van der Waals surface area (Å²) in [6.45, 7) is 5.22. The number of rotatable bonds is 7. The molecule has 0 bridgehead atoms. The highest BCUT2D eigenvalue weighted by Crippen LogP contribution is 2.05. The topological polar surface area (TPSA) is 36.4 Å². The van der Waals surface area contributed by atoms with Gasteiger partial charge in [-0.1, -0.05) is 36.8 Å². The van der Waals surface area contributed by atoms with Gasteiger partial charge < -0.3 is 10.6 Å². The van der Waals surface area contributed by atoms with Crippen molar-refractivity contribution in [1.29, 1.82) is 0 Å². The van der Waals surface area contributed by atoms with Gasteiger partial charge in [-0.15, -0.1) is 0 Å². The smallest absolute Gasteiger partial charge is 0.191 e. The molecule has 3 heteroatoms. The van der Waals surface area contributed by atoms with Gasteiger partial charge in [-0.3, -0.25) is 4.99 Å². The van der Waals surface area contributed by atoms with E-state index in [1.54, 1.807) is 0 Å². The lowest BCUT2D eigenvalue weighted by molar-refractivity contribution is 0.643. The van der Waals surface area contributed by atoms with Gasteiger partial charge >= 0.3 is 0 Å². The fraction of sp³-hybridized carbons (Fsp3) is 0.562. The number of nitrogens with zero attached hydrogens (tertiary/aromatic N) is 1. The molecule has 1 rings (SSSR count). The molecule has 0 fully saturated rings. The number of aryl methyl sites for hydroxylation is 1. The minimum Gasteiger partial charge on any atom is -0.356 e. The third kappa shape index (κ3) is 7.50. The molecule has 1 aromatic rings. The second kappa shape index (κ2) is 9.42. The maximum Gasteiger partial charge on any atom is 0.191 e. The average Bonchev–Trinajstić information content (AvgIpc) is 2.42. The van der Waals surface area contributed by atoms with E-state index in [0.717, 1.165) is 12.5 Å². The van der Waals surface area contributed by atoms with Crippen molar-refractivity contribution >= 4 is 5.96 Å². The van der Waals surface area contributed by atoms with E-state index in [0.29, 0.717) is 6.04 Å². The van der Waals surface area contributed by atoms with Gasteiger partial charge in [-0.05, 0) is 38.7 Å². The number of hydrogen-bond acceptors (Lipinski definition) is 1. The molecule has 0 aliphatic heterocycles. The standard InChI is InChI=1S/C16H27N3/c1-14(2)19-16(17-3)18-13-9-5-8-12-15-10-6-4-7-11-15/h4,6-7,10-11,14H,5,8-9,12-13H2,1-3H3,(H2,17,18,19). The molecule has 19 heavy (non-hydrogen) atoms. The van der Waals surface area contributed by atoms with Crippen LogP contribution in [0.4, 0.5) is 0 Å². The predicted octanol–water partition coefficient (Wildman–Crippen LogP) is 2.97. The van der Waals surface area contributed by atoms with Gasteiger partial charge in [0, 0.05) is 19.6 Å². The second-order valence-corrected chi connectivity index (χ2v) is 5.09. The number of unbranched alkanes of at least 4 members (excludes halogenated alkanes) is 2. The summed E-state index contributed by atoms with van der Waals surface area (Å²) in [5.41, 5.74) is 1.44. The number of hydrogen-bond donors (Lipinski definition) is 2. The van der Waals surface area contributed by atoms with Crippen molar-refractivity contribution in [3.8, 4) is 0 Å². The van der Waals surface area contributed by atoms with E-state index in [1.165, 1.54) is 31.2 Å². The van der Waals surface area contributed by atoms with Crippen LogP contribution in [0, 0.1) is 0 Å². The van der Waals surface area contributed by atoms with E-state index in [4.69, 9.17) is 0 Å². The van der Waals surface area contributed by atoms with E-state index in [1.807, 2.05) is 7.05 Å². The molecular formula is C16H27N3. The zero-order valence-electron chi connectivity index (χ0n) is 12.4. The van der Waals surface area contributed by atoms with Gasteiger partial charge in [0.15, 0.2) is 5.96 Å². The van der Waals surface area contributed by atoms with Crippen molar-refractivity contribution in [3.05, 3.63) is 35.9 Å².